The van der Waals surface area contributed by atoms with Crippen molar-refractivity contribution < 1.29 is 14.3 Å². The minimum atomic E-state index is -0.444. The Morgan fingerprint density at radius 2 is 2.05 bits per heavy atom. The van der Waals surface area contributed by atoms with Gasteiger partial charge in [0.1, 0.15) is 0 Å². The Hall–Kier alpha value is -1.79. The summed E-state index contributed by atoms with van der Waals surface area (Å²) in [5.74, 6) is -0.184. The van der Waals surface area contributed by atoms with E-state index in [-0.39, 0.29) is 5.84 Å². The largest absolute Gasteiger partial charge is 0.460 e. The predicted octanol–water partition coefficient (Wildman–Crippen LogP) is 1.96. The van der Waals surface area contributed by atoms with Gasteiger partial charge in [0.15, 0.2) is 0 Å². The van der Waals surface area contributed by atoms with Gasteiger partial charge in [-0.1, -0.05) is 11.6 Å². The van der Waals surface area contributed by atoms with E-state index < -0.39 is 5.97 Å². The summed E-state index contributed by atoms with van der Waals surface area (Å²) in [6.45, 7) is 4.43. The number of carbonyl (C=O) groups excluding carboxylic acids is 1. The van der Waals surface area contributed by atoms with Gasteiger partial charge in [0, 0.05) is 18.1 Å². The van der Waals surface area contributed by atoms with Crippen LogP contribution >= 0.6 is 11.6 Å². The zero-order chi connectivity index (χ0) is 15.1. The van der Waals surface area contributed by atoms with Crippen LogP contribution in [0.25, 0.3) is 0 Å². The monoisotopic (exact) mass is 311 g/mol. The number of rotatable bonds is 3. The maximum absolute atomic E-state index is 12.0. The third-order valence-electron chi connectivity index (χ3n) is 2.90. The van der Waals surface area contributed by atoms with Gasteiger partial charge in [-0.25, -0.2) is 4.79 Å². The number of hydrogen-bond acceptors (Lipinski definition) is 5. The summed E-state index contributed by atoms with van der Waals surface area (Å²) < 4.78 is 10.3. The lowest BCUT2D eigenvalue weighted by Gasteiger charge is -2.28. The molecule has 1 heterocycles. The smallest absolute Gasteiger partial charge is 0.375 e. The van der Waals surface area contributed by atoms with Gasteiger partial charge in [0.2, 0.25) is 5.84 Å². The van der Waals surface area contributed by atoms with Gasteiger partial charge in [-0.05, 0) is 31.2 Å². The minimum Gasteiger partial charge on any atom is -0.460 e. The van der Waals surface area contributed by atoms with Crippen molar-refractivity contribution in [3.05, 3.63) is 29.3 Å². The van der Waals surface area contributed by atoms with E-state index in [0.717, 1.165) is 5.69 Å². The fraction of sp³-hybridized carbons (Fsp3) is 0.429. The molecule has 0 spiro atoms. The molecule has 6 nitrogen and oxygen atoms in total. The predicted molar refractivity (Wildman–Crippen MR) is 81.5 cm³/mol. The number of benzene rings is 1. The second-order valence-electron chi connectivity index (χ2n) is 4.37. The lowest BCUT2D eigenvalue weighted by Crippen LogP contribution is -2.45. The zero-order valence-electron chi connectivity index (χ0n) is 11.8. The fourth-order valence-corrected chi connectivity index (χ4v) is 1.98. The Morgan fingerprint density at radius 3 is 2.67 bits per heavy atom. The molecule has 0 bridgehead atoms. The summed E-state index contributed by atoms with van der Waals surface area (Å²) in [7, 11) is 0. The highest BCUT2D eigenvalue weighted by Gasteiger charge is 2.23. The number of nitrogens with zero attached hydrogens (tertiary/aromatic N) is 2. The molecule has 0 unspecified atom stereocenters. The number of morpholine rings is 1. The molecule has 1 aromatic carbocycles. The Balaban J connectivity index is 2.11. The van der Waals surface area contributed by atoms with E-state index in [1.165, 1.54) is 0 Å². The number of amidine groups is 1. The van der Waals surface area contributed by atoms with E-state index in [1.807, 2.05) is 4.90 Å². The maximum atomic E-state index is 12.0. The van der Waals surface area contributed by atoms with Gasteiger partial charge >= 0.3 is 5.97 Å². The molecule has 7 heteroatoms. The lowest BCUT2D eigenvalue weighted by molar-refractivity contribution is -0.136. The molecule has 1 aliphatic rings. The van der Waals surface area contributed by atoms with Crippen LogP contribution in [0.15, 0.2) is 29.4 Å². The minimum absolute atomic E-state index is 0.259. The quantitative estimate of drug-likeness (QED) is 0.400. The molecule has 1 saturated heterocycles. The van der Waals surface area contributed by atoms with E-state index in [1.54, 1.807) is 31.2 Å². The van der Waals surface area contributed by atoms with Gasteiger partial charge in [-0.2, -0.15) is 0 Å². The summed E-state index contributed by atoms with van der Waals surface area (Å²) >= 11 is 5.83. The van der Waals surface area contributed by atoms with Crippen molar-refractivity contribution in [2.75, 3.05) is 38.3 Å². The second-order valence-corrected chi connectivity index (χ2v) is 4.81. The molecule has 0 amide bonds. The molecule has 1 aliphatic heterocycles. The van der Waals surface area contributed by atoms with Gasteiger partial charge in [-0.3, -0.25) is 5.43 Å². The number of nitrogens with one attached hydrogen (secondary N) is 1. The topological polar surface area (TPSA) is 63.2 Å². The van der Waals surface area contributed by atoms with Gasteiger partial charge < -0.3 is 14.4 Å². The summed E-state index contributed by atoms with van der Waals surface area (Å²) in [5, 5.41) is 4.83. The highest BCUT2D eigenvalue weighted by atomic mass is 35.5. The molecule has 1 N–H and O–H groups in total. The molecule has 1 fully saturated rings. The first-order valence-electron chi connectivity index (χ1n) is 6.80. The first-order valence-corrected chi connectivity index (χ1v) is 7.17. The van der Waals surface area contributed by atoms with Crippen LogP contribution in [0.1, 0.15) is 6.92 Å². The van der Waals surface area contributed by atoms with E-state index in [9.17, 15) is 4.79 Å². The summed E-state index contributed by atoms with van der Waals surface area (Å²) in [4.78, 5) is 13.9. The second kappa shape index (κ2) is 7.85. The molecular weight excluding hydrogens is 294 g/mol. The van der Waals surface area contributed by atoms with Crippen molar-refractivity contribution in [3.63, 3.8) is 0 Å². The molecule has 0 saturated carbocycles. The van der Waals surface area contributed by atoms with Crippen molar-refractivity contribution in [1.82, 2.24) is 4.90 Å². The summed E-state index contributed by atoms with van der Waals surface area (Å²) in [5.41, 5.74) is 3.60. The molecule has 0 atom stereocenters. The number of halogens is 1. The molecule has 0 radical (unpaired) electrons. The maximum Gasteiger partial charge on any atom is 0.375 e. The van der Waals surface area contributed by atoms with Crippen molar-refractivity contribution >= 4 is 29.1 Å². The Bertz CT molecular complexity index is 499. The molecule has 2 rings (SSSR count). The molecule has 0 aromatic heterocycles. The lowest BCUT2D eigenvalue weighted by atomic mass is 10.3. The number of carbonyl (C=O) groups is 1. The van der Waals surface area contributed by atoms with Gasteiger partial charge in [-0.15, -0.1) is 5.10 Å². The van der Waals surface area contributed by atoms with Crippen molar-refractivity contribution in [2.45, 2.75) is 6.92 Å². The molecular formula is C14H18ClN3O3. The van der Waals surface area contributed by atoms with Gasteiger partial charge in [0.25, 0.3) is 0 Å². The van der Waals surface area contributed by atoms with Crippen molar-refractivity contribution in [1.29, 1.82) is 0 Å². The van der Waals surface area contributed by atoms with E-state index >= 15 is 0 Å². The standard InChI is InChI=1S/C14H18ClN3O3/c1-2-21-14(19)13(18-7-9-20-10-8-18)17-16-12-5-3-11(15)4-6-12/h3-6,16H,2,7-10H2,1H3. The molecule has 0 aliphatic carbocycles. The highest BCUT2D eigenvalue weighted by Crippen LogP contribution is 2.13. The normalized spacial score (nSPS) is 15.7. The van der Waals surface area contributed by atoms with Gasteiger partial charge in [0.05, 0.1) is 25.5 Å². The third kappa shape index (κ3) is 4.61. The number of anilines is 1. The summed E-state index contributed by atoms with van der Waals surface area (Å²) in [6.07, 6.45) is 0. The van der Waals surface area contributed by atoms with E-state index in [2.05, 4.69) is 10.5 Å². The zero-order valence-corrected chi connectivity index (χ0v) is 12.6. The number of hydrazone groups is 1. The average Bonchev–Trinajstić information content (AvgIpc) is 2.51. The Morgan fingerprint density at radius 1 is 1.38 bits per heavy atom. The molecule has 1 aromatic rings. The highest BCUT2D eigenvalue weighted by molar-refractivity contribution is 6.35. The molecule has 21 heavy (non-hydrogen) atoms. The molecule has 114 valence electrons. The van der Waals surface area contributed by atoms with Crippen molar-refractivity contribution in [3.8, 4) is 0 Å². The van der Waals surface area contributed by atoms with Crippen LogP contribution in [0, 0.1) is 0 Å². The van der Waals surface area contributed by atoms with E-state index in [4.69, 9.17) is 21.1 Å². The SMILES string of the molecule is CCOC(=O)C(=NNc1ccc(Cl)cc1)N1CCOCC1. The van der Waals surface area contributed by atoms with Crippen LogP contribution in [-0.4, -0.2) is 49.6 Å². The average molecular weight is 312 g/mol. The van der Waals surface area contributed by atoms with Crippen molar-refractivity contribution in [2.24, 2.45) is 5.10 Å². The van der Waals surface area contributed by atoms with Crippen LogP contribution < -0.4 is 5.43 Å². The summed E-state index contributed by atoms with van der Waals surface area (Å²) in [6, 6.07) is 7.07. The Kier molecular flexibility index (Phi) is 5.83. The van der Waals surface area contributed by atoms with Crippen LogP contribution in [0.3, 0.4) is 0 Å². The van der Waals surface area contributed by atoms with Crippen LogP contribution in [0.4, 0.5) is 5.69 Å². The number of hydrogen-bond donors (Lipinski definition) is 1. The van der Waals surface area contributed by atoms with Crippen LogP contribution in [0.2, 0.25) is 5.02 Å². The van der Waals surface area contributed by atoms with Crippen LogP contribution in [-0.2, 0) is 14.3 Å². The van der Waals surface area contributed by atoms with E-state index in [0.29, 0.717) is 37.9 Å². The first-order chi connectivity index (χ1) is 10.2. The third-order valence-corrected chi connectivity index (χ3v) is 3.16. The first kappa shape index (κ1) is 15.6. The Labute approximate surface area is 128 Å². The number of ether oxygens (including phenoxy) is 2. The number of esters is 1. The van der Waals surface area contributed by atoms with Crippen LogP contribution in [0.5, 0.6) is 0 Å². The fourth-order valence-electron chi connectivity index (χ4n) is 1.86.